The quantitative estimate of drug-likeness (QED) is 0.822. The Balaban J connectivity index is 2.44. The third kappa shape index (κ3) is 5.98. The van der Waals surface area contributed by atoms with E-state index in [0.717, 1.165) is 11.0 Å². The van der Waals surface area contributed by atoms with Crippen LogP contribution in [-0.2, 0) is 11.3 Å². The van der Waals surface area contributed by atoms with Gasteiger partial charge in [-0.15, -0.1) is 0 Å². The number of rotatable bonds is 7. The lowest BCUT2D eigenvalue weighted by molar-refractivity contribution is 0.0103. The van der Waals surface area contributed by atoms with Crippen LogP contribution in [0.25, 0.3) is 0 Å². The lowest BCUT2D eigenvalue weighted by atomic mass is 10.1. The molecule has 1 aromatic rings. The van der Waals surface area contributed by atoms with Crippen LogP contribution in [0.2, 0.25) is 0 Å². The van der Waals surface area contributed by atoms with Gasteiger partial charge in [-0.05, 0) is 23.6 Å². The molecule has 3 heteroatoms. The summed E-state index contributed by atoms with van der Waals surface area (Å²) in [5.74, 6) is 0.520. The molecule has 0 aliphatic rings. The summed E-state index contributed by atoms with van der Waals surface area (Å²) in [6.45, 7) is 10.3. The Hall–Kier alpha value is -0.380. The molecule has 0 fully saturated rings. The fourth-order valence-corrected chi connectivity index (χ4v) is 1.89. The van der Waals surface area contributed by atoms with E-state index in [1.165, 1.54) is 5.56 Å². The lowest BCUT2D eigenvalue weighted by Crippen LogP contribution is -2.36. The predicted molar refractivity (Wildman–Crippen MR) is 80.7 cm³/mol. The van der Waals surface area contributed by atoms with Crippen LogP contribution in [0.4, 0.5) is 0 Å². The molecule has 0 heterocycles. The molecule has 0 saturated carbocycles. The van der Waals surface area contributed by atoms with E-state index in [4.69, 9.17) is 4.74 Å². The van der Waals surface area contributed by atoms with Crippen molar-refractivity contribution in [1.82, 2.24) is 5.32 Å². The minimum absolute atomic E-state index is 0.260. The molecule has 1 unspecified atom stereocenters. The normalized spacial score (nSPS) is 13.3. The second-order valence-electron chi connectivity index (χ2n) is 5.28. The molecule has 1 aromatic carbocycles. The molecule has 0 radical (unpaired) electrons. The average molecular weight is 314 g/mol. The van der Waals surface area contributed by atoms with Crippen molar-refractivity contribution in [3.8, 4) is 0 Å². The van der Waals surface area contributed by atoms with E-state index in [0.29, 0.717) is 18.6 Å². The first-order valence-electron chi connectivity index (χ1n) is 6.58. The molecule has 102 valence electrons. The van der Waals surface area contributed by atoms with Crippen LogP contribution >= 0.6 is 15.9 Å². The lowest BCUT2D eigenvalue weighted by Gasteiger charge is -2.23. The number of halogens is 1. The largest absolute Gasteiger partial charge is 0.372 e. The Kier molecular flexibility index (Phi) is 6.90. The SMILES string of the molecule is CC(C)NCC(OCc1ccc(Br)cc1)C(C)C. The highest BCUT2D eigenvalue weighted by molar-refractivity contribution is 9.10. The van der Waals surface area contributed by atoms with Crippen LogP contribution in [0.1, 0.15) is 33.3 Å². The van der Waals surface area contributed by atoms with Gasteiger partial charge >= 0.3 is 0 Å². The maximum atomic E-state index is 6.00. The highest BCUT2D eigenvalue weighted by Gasteiger charge is 2.14. The zero-order valence-corrected chi connectivity index (χ0v) is 13.3. The van der Waals surface area contributed by atoms with Crippen molar-refractivity contribution >= 4 is 15.9 Å². The fraction of sp³-hybridized carbons (Fsp3) is 0.600. The maximum absolute atomic E-state index is 6.00. The molecule has 18 heavy (non-hydrogen) atoms. The molecule has 0 aliphatic heterocycles. The van der Waals surface area contributed by atoms with E-state index in [1.54, 1.807) is 0 Å². The molecule has 0 amide bonds. The Morgan fingerprint density at radius 1 is 1.11 bits per heavy atom. The van der Waals surface area contributed by atoms with Gasteiger partial charge in [0.2, 0.25) is 0 Å². The zero-order chi connectivity index (χ0) is 13.5. The third-order valence-corrected chi connectivity index (χ3v) is 3.38. The van der Waals surface area contributed by atoms with E-state index >= 15 is 0 Å². The smallest absolute Gasteiger partial charge is 0.0726 e. The van der Waals surface area contributed by atoms with Crippen molar-refractivity contribution in [2.24, 2.45) is 5.92 Å². The monoisotopic (exact) mass is 313 g/mol. The van der Waals surface area contributed by atoms with Gasteiger partial charge in [-0.3, -0.25) is 0 Å². The van der Waals surface area contributed by atoms with Gasteiger partial charge in [-0.2, -0.15) is 0 Å². The molecule has 0 bridgehead atoms. The van der Waals surface area contributed by atoms with Crippen molar-refractivity contribution in [2.45, 2.75) is 46.4 Å². The first kappa shape index (κ1) is 15.7. The molecule has 0 saturated heterocycles. The van der Waals surface area contributed by atoms with Gasteiger partial charge < -0.3 is 10.1 Å². The van der Waals surface area contributed by atoms with Gasteiger partial charge in [0.25, 0.3) is 0 Å². The van der Waals surface area contributed by atoms with Crippen LogP contribution in [0.5, 0.6) is 0 Å². The highest BCUT2D eigenvalue weighted by Crippen LogP contribution is 2.13. The molecular formula is C15H24BrNO. The van der Waals surface area contributed by atoms with E-state index < -0.39 is 0 Å². The summed E-state index contributed by atoms with van der Waals surface area (Å²) < 4.78 is 7.11. The van der Waals surface area contributed by atoms with Gasteiger partial charge in [0.1, 0.15) is 0 Å². The van der Waals surface area contributed by atoms with Gasteiger partial charge in [0, 0.05) is 17.1 Å². The van der Waals surface area contributed by atoms with Crippen LogP contribution in [0.3, 0.4) is 0 Å². The number of benzene rings is 1. The first-order chi connectivity index (χ1) is 8.49. The van der Waals surface area contributed by atoms with Crippen molar-refractivity contribution in [2.75, 3.05) is 6.54 Å². The zero-order valence-electron chi connectivity index (χ0n) is 11.7. The number of nitrogens with one attached hydrogen (secondary N) is 1. The van der Waals surface area contributed by atoms with E-state index in [2.05, 4.69) is 73.2 Å². The van der Waals surface area contributed by atoms with Crippen LogP contribution in [0, 0.1) is 5.92 Å². The number of ether oxygens (including phenoxy) is 1. The van der Waals surface area contributed by atoms with E-state index in [1.807, 2.05) is 0 Å². The third-order valence-electron chi connectivity index (χ3n) is 2.85. The van der Waals surface area contributed by atoms with E-state index in [9.17, 15) is 0 Å². The molecular weight excluding hydrogens is 290 g/mol. The average Bonchev–Trinajstić information content (AvgIpc) is 2.30. The summed E-state index contributed by atoms with van der Waals surface area (Å²) in [6, 6.07) is 8.79. The minimum atomic E-state index is 0.260. The van der Waals surface area contributed by atoms with Crippen molar-refractivity contribution < 1.29 is 4.74 Å². The van der Waals surface area contributed by atoms with Gasteiger partial charge in [0.05, 0.1) is 12.7 Å². The Bertz CT molecular complexity index is 335. The summed E-state index contributed by atoms with van der Waals surface area (Å²) in [6.07, 6.45) is 0.260. The van der Waals surface area contributed by atoms with Crippen molar-refractivity contribution in [3.05, 3.63) is 34.3 Å². The Morgan fingerprint density at radius 3 is 2.22 bits per heavy atom. The molecule has 0 aliphatic carbocycles. The maximum Gasteiger partial charge on any atom is 0.0726 e. The molecule has 1 atom stereocenters. The molecule has 0 spiro atoms. The standard InChI is InChI=1S/C15H24BrNO/c1-11(2)15(9-17-12(3)4)18-10-13-5-7-14(16)8-6-13/h5-8,11-12,15,17H,9-10H2,1-4H3. The molecule has 1 rings (SSSR count). The topological polar surface area (TPSA) is 21.3 Å². The Morgan fingerprint density at radius 2 is 1.72 bits per heavy atom. The Labute approximate surface area is 119 Å². The van der Waals surface area contributed by atoms with Crippen molar-refractivity contribution in [1.29, 1.82) is 0 Å². The second kappa shape index (κ2) is 7.93. The molecule has 0 aromatic heterocycles. The summed E-state index contributed by atoms with van der Waals surface area (Å²) in [5.41, 5.74) is 1.22. The minimum Gasteiger partial charge on any atom is -0.372 e. The number of hydrogen-bond donors (Lipinski definition) is 1. The van der Waals surface area contributed by atoms with Gasteiger partial charge in [0.15, 0.2) is 0 Å². The van der Waals surface area contributed by atoms with Crippen LogP contribution < -0.4 is 5.32 Å². The predicted octanol–water partition coefficient (Wildman–Crippen LogP) is 3.99. The number of hydrogen-bond acceptors (Lipinski definition) is 2. The first-order valence-corrected chi connectivity index (χ1v) is 7.37. The summed E-state index contributed by atoms with van der Waals surface area (Å²) in [5, 5.41) is 3.44. The van der Waals surface area contributed by atoms with Gasteiger partial charge in [-0.1, -0.05) is 55.8 Å². The molecule has 2 nitrogen and oxygen atoms in total. The fourth-order valence-electron chi connectivity index (χ4n) is 1.62. The van der Waals surface area contributed by atoms with Crippen LogP contribution in [0.15, 0.2) is 28.7 Å². The summed E-state index contributed by atoms with van der Waals surface area (Å²) >= 11 is 3.44. The highest BCUT2D eigenvalue weighted by atomic mass is 79.9. The van der Waals surface area contributed by atoms with Crippen molar-refractivity contribution in [3.63, 3.8) is 0 Å². The van der Waals surface area contributed by atoms with Gasteiger partial charge in [-0.25, -0.2) is 0 Å². The molecule has 1 N–H and O–H groups in total. The van der Waals surface area contributed by atoms with E-state index in [-0.39, 0.29) is 6.10 Å². The second-order valence-corrected chi connectivity index (χ2v) is 6.20. The summed E-state index contributed by atoms with van der Waals surface area (Å²) in [4.78, 5) is 0. The summed E-state index contributed by atoms with van der Waals surface area (Å²) in [7, 11) is 0. The van der Waals surface area contributed by atoms with Crippen LogP contribution in [-0.4, -0.2) is 18.7 Å².